The second-order valence-electron chi connectivity index (χ2n) is 4.80. The van der Waals surface area contributed by atoms with Gasteiger partial charge in [-0.15, -0.1) is 0 Å². The summed E-state index contributed by atoms with van der Waals surface area (Å²) in [4.78, 5) is 0. The van der Waals surface area contributed by atoms with Gasteiger partial charge in [0.2, 0.25) is 0 Å². The minimum atomic E-state index is -1.41. The molecule has 5 heteroatoms. The molecule has 1 aliphatic heterocycles. The molecule has 96 valence electrons. The molecule has 1 saturated heterocycles. The summed E-state index contributed by atoms with van der Waals surface area (Å²) in [6.07, 6.45) is 3.49. The highest BCUT2D eigenvalue weighted by molar-refractivity contribution is 5.31. The number of nitrogens with one attached hydrogen (secondary N) is 1. The molecule has 2 heterocycles. The lowest BCUT2D eigenvalue weighted by atomic mass is 9.82. The Kier molecular flexibility index (Phi) is 3.38. The van der Waals surface area contributed by atoms with E-state index in [2.05, 4.69) is 10.4 Å². The summed E-state index contributed by atoms with van der Waals surface area (Å²) in [5, 5.41) is 7.33. The molecule has 0 saturated carbocycles. The summed E-state index contributed by atoms with van der Waals surface area (Å²) in [5.41, 5.74) is -0.877. The van der Waals surface area contributed by atoms with Crippen LogP contribution in [0.15, 0.2) is 6.20 Å². The Bertz CT molecular complexity index is 383. The van der Waals surface area contributed by atoms with Gasteiger partial charge in [-0.1, -0.05) is 0 Å². The standard InChI is InChI=1S/C12H20FN3O/c1-12(13,9-5-4-6-14-7-9)11-10(17-3)8-15-16(11)2/h8-9,14H,4-7H2,1-3H3. The Labute approximate surface area is 101 Å². The summed E-state index contributed by atoms with van der Waals surface area (Å²) >= 11 is 0. The lowest BCUT2D eigenvalue weighted by molar-refractivity contribution is 0.0695. The van der Waals surface area contributed by atoms with Gasteiger partial charge < -0.3 is 10.1 Å². The SMILES string of the molecule is COc1cnn(C)c1C(C)(F)C1CCCNC1. The van der Waals surface area contributed by atoms with E-state index in [0.29, 0.717) is 18.0 Å². The van der Waals surface area contributed by atoms with Crippen LogP contribution in [0.25, 0.3) is 0 Å². The molecule has 0 amide bonds. The van der Waals surface area contributed by atoms with Crippen LogP contribution < -0.4 is 10.1 Å². The van der Waals surface area contributed by atoms with E-state index in [1.54, 1.807) is 32.0 Å². The molecular formula is C12H20FN3O. The zero-order valence-electron chi connectivity index (χ0n) is 10.7. The number of nitrogens with zero attached hydrogens (tertiary/aromatic N) is 2. The molecule has 1 aromatic heterocycles. The van der Waals surface area contributed by atoms with Crippen molar-refractivity contribution in [1.29, 1.82) is 0 Å². The molecule has 0 spiro atoms. The van der Waals surface area contributed by atoms with E-state index in [4.69, 9.17) is 4.74 Å². The Balaban J connectivity index is 2.31. The maximum Gasteiger partial charge on any atom is 0.163 e. The number of ether oxygens (including phenoxy) is 1. The van der Waals surface area contributed by atoms with Gasteiger partial charge in [-0.05, 0) is 26.3 Å². The minimum Gasteiger partial charge on any atom is -0.493 e. The van der Waals surface area contributed by atoms with Gasteiger partial charge in [0.15, 0.2) is 11.4 Å². The summed E-state index contributed by atoms with van der Waals surface area (Å²) in [5.74, 6) is 0.503. The molecule has 2 unspecified atom stereocenters. The van der Waals surface area contributed by atoms with Gasteiger partial charge in [-0.2, -0.15) is 5.10 Å². The Morgan fingerprint density at radius 3 is 3.00 bits per heavy atom. The topological polar surface area (TPSA) is 39.1 Å². The predicted octanol–water partition coefficient (Wildman–Crippen LogP) is 1.61. The number of methoxy groups -OCH3 is 1. The monoisotopic (exact) mass is 241 g/mol. The van der Waals surface area contributed by atoms with Gasteiger partial charge in [-0.3, -0.25) is 4.68 Å². The highest BCUT2D eigenvalue weighted by Crippen LogP contribution is 2.41. The third-order valence-corrected chi connectivity index (χ3v) is 3.65. The number of aryl methyl sites for hydroxylation is 1. The van der Waals surface area contributed by atoms with E-state index in [1.165, 1.54) is 0 Å². The van der Waals surface area contributed by atoms with Gasteiger partial charge in [-0.25, -0.2) is 4.39 Å². The van der Waals surface area contributed by atoms with E-state index >= 15 is 4.39 Å². The number of hydrogen-bond acceptors (Lipinski definition) is 3. The molecule has 4 nitrogen and oxygen atoms in total. The first-order chi connectivity index (χ1) is 8.07. The van der Waals surface area contributed by atoms with Gasteiger partial charge in [0.05, 0.1) is 13.3 Å². The summed E-state index contributed by atoms with van der Waals surface area (Å²) < 4.78 is 21.8. The number of piperidine rings is 1. The maximum atomic E-state index is 15.1. The van der Waals surface area contributed by atoms with Gasteiger partial charge in [0.25, 0.3) is 0 Å². The number of aromatic nitrogens is 2. The van der Waals surface area contributed by atoms with Crippen LogP contribution in [0, 0.1) is 5.92 Å². The Morgan fingerprint density at radius 1 is 1.65 bits per heavy atom. The smallest absolute Gasteiger partial charge is 0.163 e. The second-order valence-corrected chi connectivity index (χ2v) is 4.80. The van der Waals surface area contributed by atoms with Crippen LogP contribution in [-0.2, 0) is 12.7 Å². The van der Waals surface area contributed by atoms with Crippen molar-refractivity contribution in [2.75, 3.05) is 20.2 Å². The first kappa shape index (κ1) is 12.4. The zero-order chi connectivity index (χ0) is 12.5. The van der Waals surface area contributed by atoms with Crippen LogP contribution in [0.4, 0.5) is 4.39 Å². The van der Waals surface area contributed by atoms with Crippen molar-refractivity contribution in [3.8, 4) is 5.75 Å². The summed E-state index contributed by atoms with van der Waals surface area (Å²) in [6.45, 7) is 3.32. The van der Waals surface area contributed by atoms with Crippen LogP contribution in [0.2, 0.25) is 0 Å². The van der Waals surface area contributed by atoms with Crippen molar-refractivity contribution >= 4 is 0 Å². The lowest BCUT2D eigenvalue weighted by Crippen LogP contribution is -2.41. The molecule has 2 rings (SSSR count). The maximum absolute atomic E-state index is 15.1. The quantitative estimate of drug-likeness (QED) is 0.874. The lowest BCUT2D eigenvalue weighted by Gasteiger charge is -2.34. The van der Waals surface area contributed by atoms with Crippen LogP contribution in [0.5, 0.6) is 5.75 Å². The summed E-state index contributed by atoms with van der Waals surface area (Å²) in [6, 6.07) is 0. The first-order valence-corrected chi connectivity index (χ1v) is 6.03. The number of rotatable bonds is 3. The molecule has 0 aliphatic carbocycles. The van der Waals surface area contributed by atoms with E-state index in [1.807, 2.05) is 0 Å². The third-order valence-electron chi connectivity index (χ3n) is 3.65. The second kappa shape index (κ2) is 4.64. The van der Waals surface area contributed by atoms with Gasteiger partial charge in [0, 0.05) is 19.5 Å². The Morgan fingerprint density at radius 2 is 2.41 bits per heavy atom. The fourth-order valence-corrected chi connectivity index (χ4v) is 2.63. The third kappa shape index (κ3) is 2.16. The van der Waals surface area contributed by atoms with Crippen molar-refractivity contribution in [3.05, 3.63) is 11.9 Å². The zero-order valence-corrected chi connectivity index (χ0v) is 10.7. The number of alkyl halides is 1. The van der Waals surface area contributed by atoms with Crippen molar-refractivity contribution in [3.63, 3.8) is 0 Å². The molecule has 2 atom stereocenters. The van der Waals surface area contributed by atoms with Crippen molar-refractivity contribution < 1.29 is 9.13 Å². The molecular weight excluding hydrogens is 221 g/mol. The normalized spacial score (nSPS) is 24.4. The van der Waals surface area contributed by atoms with E-state index < -0.39 is 5.67 Å². The van der Waals surface area contributed by atoms with Crippen LogP contribution in [0.3, 0.4) is 0 Å². The average Bonchev–Trinajstić information content (AvgIpc) is 2.72. The predicted molar refractivity (Wildman–Crippen MR) is 63.8 cm³/mol. The molecule has 0 aromatic carbocycles. The van der Waals surface area contributed by atoms with Gasteiger partial charge >= 0.3 is 0 Å². The molecule has 1 aromatic rings. The fraction of sp³-hybridized carbons (Fsp3) is 0.750. The highest BCUT2D eigenvalue weighted by atomic mass is 19.1. The first-order valence-electron chi connectivity index (χ1n) is 6.03. The highest BCUT2D eigenvalue weighted by Gasteiger charge is 2.41. The van der Waals surface area contributed by atoms with Crippen LogP contribution >= 0.6 is 0 Å². The largest absolute Gasteiger partial charge is 0.493 e. The Hall–Kier alpha value is -1.10. The van der Waals surface area contributed by atoms with Crippen molar-refractivity contribution in [2.24, 2.45) is 13.0 Å². The van der Waals surface area contributed by atoms with E-state index in [0.717, 1.165) is 19.4 Å². The van der Waals surface area contributed by atoms with Crippen molar-refractivity contribution in [1.82, 2.24) is 15.1 Å². The molecule has 1 N–H and O–H groups in total. The van der Waals surface area contributed by atoms with E-state index in [9.17, 15) is 0 Å². The molecule has 0 radical (unpaired) electrons. The van der Waals surface area contributed by atoms with Crippen LogP contribution in [0.1, 0.15) is 25.5 Å². The minimum absolute atomic E-state index is 0.0273. The molecule has 1 aliphatic rings. The summed E-state index contributed by atoms with van der Waals surface area (Å²) in [7, 11) is 3.31. The number of halogens is 1. The molecule has 17 heavy (non-hydrogen) atoms. The van der Waals surface area contributed by atoms with Crippen LogP contribution in [-0.4, -0.2) is 30.0 Å². The average molecular weight is 241 g/mol. The number of hydrogen-bond donors (Lipinski definition) is 1. The molecule has 0 bridgehead atoms. The van der Waals surface area contributed by atoms with Gasteiger partial charge in [0.1, 0.15) is 5.69 Å². The van der Waals surface area contributed by atoms with E-state index in [-0.39, 0.29) is 5.92 Å². The van der Waals surface area contributed by atoms with Crippen molar-refractivity contribution in [2.45, 2.75) is 25.4 Å². The fourth-order valence-electron chi connectivity index (χ4n) is 2.63. The molecule has 1 fully saturated rings.